The molecule has 0 atom stereocenters. The first kappa shape index (κ1) is 12.7. The van der Waals surface area contributed by atoms with Gasteiger partial charge in [-0.2, -0.15) is 9.61 Å². The van der Waals surface area contributed by atoms with Gasteiger partial charge in [0.2, 0.25) is 5.82 Å². The average molecular weight is 287 g/mol. The minimum Gasteiger partial charge on any atom is -0.382 e. The Morgan fingerprint density at radius 3 is 2.76 bits per heavy atom. The van der Waals surface area contributed by atoms with Gasteiger partial charge < -0.3 is 15.8 Å². The van der Waals surface area contributed by atoms with E-state index in [-0.39, 0.29) is 29.0 Å². The van der Waals surface area contributed by atoms with Crippen molar-refractivity contribution in [2.45, 2.75) is 0 Å². The van der Waals surface area contributed by atoms with Crippen molar-refractivity contribution in [3.8, 4) is 11.6 Å². The highest BCUT2D eigenvalue weighted by molar-refractivity contribution is 5.93. The van der Waals surface area contributed by atoms with E-state index in [9.17, 15) is 10.1 Å². The van der Waals surface area contributed by atoms with Crippen LogP contribution in [0.25, 0.3) is 17.3 Å². The largest absolute Gasteiger partial charge is 0.382 e. The van der Waals surface area contributed by atoms with Gasteiger partial charge in [0.05, 0.1) is 7.05 Å². The summed E-state index contributed by atoms with van der Waals surface area (Å²) >= 11 is 0. The highest BCUT2D eigenvalue weighted by Crippen LogP contribution is 2.20. The van der Waals surface area contributed by atoms with Crippen molar-refractivity contribution in [2.75, 3.05) is 0 Å². The van der Waals surface area contributed by atoms with Crippen LogP contribution in [-0.2, 0) is 7.05 Å². The molecule has 0 aromatic carbocycles. The van der Waals surface area contributed by atoms with Crippen LogP contribution in [0.1, 0.15) is 5.69 Å². The molecule has 106 valence electrons. The van der Waals surface area contributed by atoms with E-state index in [1.165, 1.54) is 22.2 Å². The molecule has 0 aliphatic carbocycles. The predicted octanol–water partition coefficient (Wildman–Crippen LogP) is -0.283. The SMILES string of the molecule is Cn1c([N+](=O)[O-])cnc1-c1nnc2ccc(C(=N)N)nn12. The molecule has 3 N–H and O–H groups in total. The Kier molecular flexibility index (Phi) is 2.61. The topological polar surface area (TPSA) is 154 Å². The second-order valence-electron chi connectivity index (χ2n) is 4.18. The lowest BCUT2D eigenvalue weighted by Gasteiger charge is -2.00. The fraction of sp³-hybridized carbons (Fsp3) is 0.100. The molecule has 11 nitrogen and oxygen atoms in total. The van der Waals surface area contributed by atoms with Crippen molar-refractivity contribution >= 4 is 17.3 Å². The van der Waals surface area contributed by atoms with E-state index in [1.54, 1.807) is 6.07 Å². The summed E-state index contributed by atoms with van der Waals surface area (Å²) in [5, 5.41) is 30.2. The smallest absolute Gasteiger partial charge is 0.343 e. The highest BCUT2D eigenvalue weighted by atomic mass is 16.6. The molecule has 0 saturated heterocycles. The molecule has 0 spiro atoms. The number of fused-ring (bicyclic) bond motifs is 1. The highest BCUT2D eigenvalue weighted by Gasteiger charge is 2.23. The molecule has 0 aliphatic rings. The molecule has 0 saturated carbocycles. The average Bonchev–Trinajstić information content (AvgIpc) is 3.01. The number of imidazole rings is 1. The minimum atomic E-state index is -0.547. The lowest BCUT2D eigenvalue weighted by atomic mass is 10.3. The standard InChI is InChI=1S/C10H9N9O2/c1-17-7(19(20)21)4-13-9(17)10-15-14-6-3-2-5(8(11)12)16-18(6)10/h2-4H,1H3,(H3,11,12). The molecule has 21 heavy (non-hydrogen) atoms. The summed E-state index contributed by atoms with van der Waals surface area (Å²) in [6, 6.07) is 3.13. The van der Waals surface area contributed by atoms with Crippen molar-refractivity contribution in [3.05, 3.63) is 34.1 Å². The van der Waals surface area contributed by atoms with Gasteiger partial charge in [-0.1, -0.05) is 0 Å². The van der Waals surface area contributed by atoms with Gasteiger partial charge in [0.15, 0.2) is 5.65 Å². The zero-order valence-corrected chi connectivity index (χ0v) is 10.8. The Morgan fingerprint density at radius 2 is 2.14 bits per heavy atom. The van der Waals surface area contributed by atoms with Crippen molar-refractivity contribution in [3.63, 3.8) is 0 Å². The lowest BCUT2D eigenvalue weighted by Crippen LogP contribution is -2.15. The Labute approximate surface area is 116 Å². The maximum absolute atomic E-state index is 10.9. The molecule has 0 bridgehead atoms. The summed E-state index contributed by atoms with van der Waals surface area (Å²) in [6.07, 6.45) is 1.13. The van der Waals surface area contributed by atoms with Crippen LogP contribution < -0.4 is 5.73 Å². The summed E-state index contributed by atoms with van der Waals surface area (Å²) in [5.41, 5.74) is 6.05. The van der Waals surface area contributed by atoms with Crippen molar-refractivity contribution in [1.29, 1.82) is 5.41 Å². The molecule has 3 rings (SSSR count). The van der Waals surface area contributed by atoms with Crippen LogP contribution in [0.3, 0.4) is 0 Å². The zero-order chi connectivity index (χ0) is 15.1. The van der Waals surface area contributed by atoms with Gasteiger partial charge in [-0.3, -0.25) is 5.41 Å². The van der Waals surface area contributed by atoms with Gasteiger partial charge in [-0.25, -0.2) is 9.55 Å². The predicted molar refractivity (Wildman–Crippen MR) is 70.7 cm³/mol. The summed E-state index contributed by atoms with van der Waals surface area (Å²) in [4.78, 5) is 14.3. The lowest BCUT2D eigenvalue weighted by molar-refractivity contribution is -0.391. The van der Waals surface area contributed by atoms with E-state index in [0.29, 0.717) is 5.65 Å². The molecule has 0 amide bonds. The normalized spacial score (nSPS) is 10.9. The molecule has 0 aliphatic heterocycles. The van der Waals surface area contributed by atoms with Crippen molar-refractivity contribution in [1.82, 2.24) is 29.4 Å². The van der Waals surface area contributed by atoms with Gasteiger partial charge in [-0.15, -0.1) is 10.2 Å². The first-order chi connectivity index (χ1) is 9.99. The van der Waals surface area contributed by atoms with Crippen LogP contribution in [0.15, 0.2) is 18.3 Å². The van der Waals surface area contributed by atoms with Crippen LogP contribution in [0.4, 0.5) is 5.82 Å². The molecule has 0 fully saturated rings. The number of amidine groups is 1. The third-order valence-electron chi connectivity index (χ3n) is 2.89. The summed E-state index contributed by atoms with van der Waals surface area (Å²) in [5.74, 6) is 0.0814. The van der Waals surface area contributed by atoms with Crippen molar-refractivity contribution < 1.29 is 4.92 Å². The van der Waals surface area contributed by atoms with E-state index in [4.69, 9.17) is 11.1 Å². The first-order valence-electron chi connectivity index (χ1n) is 5.72. The van der Waals surface area contributed by atoms with Gasteiger partial charge in [-0.05, 0) is 17.1 Å². The number of nitrogens with one attached hydrogen (secondary N) is 1. The van der Waals surface area contributed by atoms with Crippen LogP contribution in [0.2, 0.25) is 0 Å². The second kappa shape index (κ2) is 4.33. The maximum Gasteiger partial charge on any atom is 0.343 e. The molecule has 11 heteroatoms. The van der Waals surface area contributed by atoms with E-state index in [2.05, 4.69) is 20.3 Å². The Bertz CT molecular complexity index is 878. The first-order valence-corrected chi connectivity index (χ1v) is 5.72. The van der Waals surface area contributed by atoms with Gasteiger partial charge >= 0.3 is 5.82 Å². The zero-order valence-electron chi connectivity index (χ0n) is 10.8. The monoisotopic (exact) mass is 287 g/mol. The fourth-order valence-electron chi connectivity index (χ4n) is 1.85. The number of nitro groups is 1. The van der Waals surface area contributed by atoms with E-state index in [1.807, 2.05) is 0 Å². The van der Waals surface area contributed by atoms with Crippen LogP contribution in [0, 0.1) is 15.5 Å². The second-order valence-corrected chi connectivity index (χ2v) is 4.18. The Hall–Kier alpha value is -3.37. The van der Waals surface area contributed by atoms with Crippen LogP contribution in [-0.4, -0.2) is 40.1 Å². The van der Waals surface area contributed by atoms with Gasteiger partial charge in [0.25, 0.3) is 5.82 Å². The molecule has 3 aromatic heterocycles. The van der Waals surface area contributed by atoms with Crippen LogP contribution >= 0.6 is 0 Å². The fourth-order valence-corrected chi connectivity index (χ4v) is 1.85. The van der Waals surface area contributed by atoms with Gasteiger partial charge in [0, 0.05) is 0 Å². The number of nitrogens with two attached hydrogens (primary N) is 1. The van der Waals surface area contributed by atoms with Crippen LogP contribution in [0.5, 0.6) is 0 Å². The molecular formula is C10H9N9O2. The summed E-state index contributed by atoms with van der Waals surface area (Å²) in [6.45, 7) is 0. The maximum atomic E-state index is 10.9. The molecule has 3 heterocycles. The molecule has 3 aromatic rings. The van der Waals surface area contributed by atoms with E-state index in [0.717, 1.165) is 6.20 Å². The molecule has 0 radical (unpaired) electrons. The third-order valence-corrected chi connectivity index (χ3v) is 2.89. The third kappa shape index (κ3) is 1.87. The minimum absolute atomic E-state index is 0.176. The molecule has 0 unspecified atom stereocenters. The summed E-state index contributed by atoms with van der Waals surface area (Å²) < 4.78 is 2.61. The number of hydrogen-bond donors (Lipinski definition) is 2. The number of rotatable bonds is 3. The number of nitrogen functional groups attached to an aromatic ring is 1. The number of aromatic nitrogens is 6. The summed E-state index contributed by atoms with van der Waals surface area (Å²) in [7, 11) is 1.50. The number of nitrogens with zero attached hydrogens (tertiary/aromatic N) is 7. The number of hydrogen-bond acceptors (Lipinski definition) is 7. The quantitative estimate of drug-likeness (QED) is 0.290. The Balaban J connectivity index is 2.23. The van der Waals surface area contributed by atoms with E-state index >= 15 is 0 Å². The van der Waals surface area contributed by atoms with Crippen molar-refractivity contribution in [2.24, 2.45) is 12.8 Å². The van der Waals surface area contributed by atoms with Gasteiger partial charge in [0.1, 0.15) is 17.7 Å². The Morgan fingerprint density at radius 1 is 1.38 bits per heavy atom. The van der Waals surface area contributed by atoms with E-state index < -0.39 is 4.92 Å². The molecular weight excluding hydrogens is 278 g/mol.